The van der Waals surface area contributed by atoms with Crippen molar-refractivity contribution >= 4 is 5.91 Å². The molecule has 1 amide bonds. The van der Waals surface area contributed by atoms with E-state index in [-0.39, 0.29) is 19.1 Å². The maximum atomic E-state index is 12.2. The van der Waals surface area contributed by atoms with Crippen LogP contribution in [-0.2, 0) is 9.53 Å². The fraction of sp³-hybridized carbons (Fsp3) is 0.917. The number of ether oxygens (including phenoxy) is 1. The van der Waals surface area contributed by atoms with Crippen molar-refractivity contribution in [1.29, 1.82) is 0 Å². The average Bonchev–Trinajstić information content (AvgIpc) is 2.45. The number of morpholine rings is 1. The van der Waals surface area contributed by atoms with Crippen molar-refractivity contribution < 1.29 is 19.7 Å². The quantitative estimate of drug-likeness (QED) is 0.568. The van der Waals surface area contributed by atoms with Crippen molar-refractivity contribution in [3.05, 3.63) is 0 Å². The van der Waals surface area contributed by atoms with Crippen molar-refractivity contribution in [1.82, 2.24) is 10.2 Å². The SMILES string of the molecule is CCC(CO)(CO)NC(C)C(=O)N1CCOCC1. The van der Waals surface area contributed by atoms with Gasteiger partial charge in [-0.2, -0.15) is 0 Å². The van der Waals surface area contributed by atoms with Gasteiger partial charge in [0.25, 0.3) is 0 Å². The van der Waals surface area contributed by atoms with Crippen molar-refractivity contribution in [2.75, 3.05) is 39.5 Å². The maximum Gasteiger partial charge on any atom is 0.239 e. The number of nitrogens with zero attached hydrogens (tertiary/aromatic N) is 1. The highest BCUT2D eigenvalue weighted by molar-refractivity contribution is 5.81. The smallest absolute Gasteiger partial charge is 0.239 e. The second kappa shape index (κ2) is 7.04. The van der Waals surface area contributed by atoms with Gasteiger partial charge in [-0.3, -0.25) is 10.1 Å². The van der Waals surface area contributed by atoms with Gasteiger partial charge in [0.1, 0.15) is 0 Å². The lowest BCUT2D eigenvalue weighted by molar-refractivity contribution is -0.138. The Bertz CT molecular complexity index is 255. The highest BCUT2D eigenvalue weighted by atomic mass is 16.5. The molecule has 0 radical (unpaired) electrons. The number of nitrogens with one attached hydrogen (secondary N) is 1. The lowest BCUT2D eigenvalue weighted by Gasteiger charge is -2.35. The third kappa shape index (κ3) is 3.65. The number of amides is 1. The molecule has 0 bridgehead atoms. The van der Waals surface area contributed by atoms with Crippen LogP contribution < -0.4 is 5.32 Å². The first-order chi connectivity index (χ1) is 8.58. The summed E-state index contributed by atoms with van der Waals surface area (Å²) in [6, 6.07) is -0.428. The molecule has 18 heavy (non-hydrogen) atoms. The van der Waals surface area contributed by atoms with E-state index in [4.69, 9.17) is 4.74 Å². The topological polar surface area (TPSA) is 82.0 Å². The average molecular weight is 260 g/mol. The summed E-state index contributed by atoms with van der Waals surface area (Å²) in [5.41, 5.74) is -0.790. The Labute approximate surface area is 108 Å². The van der Waals surface area contributed by atoms with Crippen LogP contribution in [0.1, 0.15) is 20.3 Å². The van der Waals surface area contributed by atoms with Crippen molar-refractivity contribution in [3.63, 3.8) is 0 Å². The van der Waals surface area contributed by atoms with Crippen molar-refractivity contribution in [2.24, 2.45) is 0 Å². The molecule has 106 valence electrons. The number of carbonyl (C=O) groups is 1. The minimum atomic E-state index is -0.790. The Morgan fingerprint density at radius 2 is 1.94 bits per heavy atom. The Morgan fingerprint density at radius 1 is 1.39 bits per heavy atom. The van der Waals surface area contributed by atoms with E-state index in [9.17, 15) is 15.0 Å². The largest absolute Gasteiger partial charge is 0.394 e. The molecular formula is C12H24N2O4. The van der Waals surface area contributed by atoms with Crippen LogP contribution in [0.2, 0.25) is 0 Å². The molecule has 1 aliphatic heterocycles. The molecule has 0 aromatic rings. The van der Waals surface area contributed by atoms with Gasteiger partial charge in [-0.05, 0) is 13.3 Å². The van der Waals surface area contributed by atoms with E-state index in [1.165, 1.54) is 0 Å². The van der Waals surface area contributed by atoms with Gasteiger partial charge in [0.2, 0.25) is 5.91 Å². The lowest BCUT2D eigenvalue weighted by Crippen LogP contribution is -2.59. The van der Waals surface area contributed by atoms with Crippen LogP contribution in [0.3, 0.4) is 0 Å². The van der Waals surface area contributed by atoms with E-state index in [1.54, 1.807) is 11.8 Å². The van der Waals surface area contributed by atoms with E-state index >= 15 is 0 Å². The number of rotatable bonds is 6. The predicted octanol–water partition coefficient (Wildman–Crippen LogP) is -1.04. The lowest BCUT2D eigenvalue weighted by atomic mass is 9.97. The van der Waals surface area contributed by atoms with Crippen LogP contribution in [0.4, 0.5) is 0 Å². The first-order valence-electron chi connectivity index (χ1n) is 6.44. The predicted molar refractivity (Wildman–Crippen MR) is 67.2 cm³/mol. The molecule has 0 aromatic heterocycles. The molecule has 0 aliphatic carbocycles. The zero-order chi connectivity index (χ0) is 13.6. The van der Waals surface area contributed by atoms with Crippen LogP contribution in [0, 0.1) is 0 Å². The third-order valence-corrected chi connectivity index (χ3v) is 3.50. The molecule has 1 rings (SSSR count). The summed E-state index contributed by atoms with van der Waals surface area (Å²) in [4.78, 5) is 13.9. The maximum absolute atomic E-state index is 12.2. The molecule has 3 N–H and O–H groups in total. The highest BCUT2D eigenvalue weighted by Gasteiger charge is 2.32. The highest BCUT2D eigenvalue weighted by Crippen LogP contribution is 2.11. The fourth-order valence-electron chi connectivity index (χ4n) is 2.05. The van der Waals surface area contributed by atoms with Gasteiger partial charge in [-0.15, -0.1) is 0 Å². The summed E-state index contributed by atoms with van der Waals surface area (Å²) >= 11 is 0. The molecule has 1 heterocycles. The van der Waals surface area contributed by atoms with E-state index in [2.05, 4.69) is 5.32 Å². The molecule has 1 unspecified atom stereocenters. The van der Waals surface area contributed by atoms with Gasteiger partial charge in [0.05, 0.1) is 38.0 Å². The summed E-state index contributed by atoms with van der Waals surface area (Å²) in [7, 11) is 0. The molecule has 0 saturated carbocycles. The third-order valence-electron chi connectivity index (χ3n) is 3.50. The number of hydrogen-bond acceptors (Lipinski definition) is 5. The number of hydrogen-bond donors (Lipinski definition) is 3. The monoisotopic (exact) mass is 260 g/mol. The normalized spacial score (nSPS) is 18.8. The fourth-order valence-corrected chi connectivity index (χ4v) is 2.05. The second-order valence-electron chi connectivity index (χ2n) is 4.75. The summed E-state index contributed by atoms with van der Waals surface area (Å²) in [6.07, 6.45) is 0.556. The molecule has 1 saturated heterocycles. The first kappa shape index (κ1) is 15.4. The Hall–Kier alpha value is -0.690. The number of aliphatic hydroxyl groups is 2. The van der Waals surface area contributed by atoms with Crippen molar-refractivity contribution in [2.45, 2.75) is 31.8 Å². The minimum Gasteiger partial charge on any atom is -0.394 e. The molecular weight excluding hydrogens is 236 g/mol. The Balaban J connectivity index is 2.57. The molecule has 0 aromatic carbocycles. The zero-order valence-corrected chi connectivity index (χ0v) is 11.2. The summed E-state index contributed by atoms with van der Waals surface area (Å²) in [6.45, 7) is 5.57. The molecule has 0 spiro atoms. The second-order valence-corrected chi connectivity index (χ2v) is 4.75. The standard InChI is InChI=1S/C12H24N2O4/c1-3-12(8-15,9-16)13-10(2)11(17)14-4-6-18-7-5-14/h10,13,15-16H,3-9H2,1-2H3. The zero-order valence-electron chi connectivity index (χ0n) is 11.2. The first-order valence-corrected chi connectivity index (χ1v) is 6.44. The summed E-state index contributed by atoms with van der Waals surface area (Å²) in [5, 5.41) is 21.7. The van der Waals surface area contributed by atoms with Gasteiger partial charge >= 0.3 is 0 Å². The van der Waals surface area contributed by atoms with Gasteiger partial charge in [0.15, 0.2) is 0 Å². The van der Waals surface area contributed by atoms with E-state index < -0.39 is 11.6 Å². The number of aliphatic hydroxyl groups excluding tert-OH is 2. The van der Waals surface area contributed by atoms with Crippen LogP contribution in [-0.4, -0.2) is 72.1 Å². The number of carbonyl (C=O) groups excluding carboxylic acids is 1. The molecule has 6 heteroatoms. The van der Waals surface area contributed by atoms with Crippen LogP contribution in [0.25, 0.3) is 0 Å². The minimum absolute atomic E-state index is 0.0157. The molecule has 6 nitrogen and oxygen atoms in total. The molecule has 1 atom stereocenters. The van der Waals surface area contributed by atoms with E-state index in [0.29, 0.717) is 32.7 Å². The van der Waals surface area contributed by atoms with E-state index in [0.717, 1.165) is 0 Å². The van der Waals surface area contributed by atoms with Gasteiger partial charge < -0.3 is 19.8 Å². The van der Waals surface area contributed by atoms with Crippen molar-refractivity contribution in [3.8, 4) is 0 Å². The van der Waals surface area contributed by atoms with Gasteiger partial charge in [0, 0.05) is 13.1 Å². The van der Waals surface area contributed by atoms with Crippen LogP contribution in [0.5, 0.6) is 0 Å². The van der Waals surface area contributed by atoms with Gasteiger partial charge in [-0.25, -0.2) is 0 Å². The van der Waals surface area contributed by atoms with E-state index in [1.807, 2.05) is 6.92 Å². The summed E-state index contributed by atoms with van der Waals surface area (Å²) in [5.74, 6) is -0.0157. The molecule has 1 aliphatic rings. The Morgan fingerprint density at radius 3 is 2.39 bits per heavy atom. The van der Waals surface area contributed by atoms with Gasteiger partial charge in [-0.1, -0.05) is 6.92 Å². The van der Waals surface area contributed by atoms with Crippen LogP contribution >= 0.6 is 0 Å². The summed E-state index contributed by atoms with van der Waals surface area (Å²) < 4.78 is 5.20. The Kier molecular flexibility index (Phi) is 6.01. The molecule has 1 fully saturated rings. The van der Waals surface area contributed by atoms with Crippen LogP contribution in [0.15, 0.2) is 0 Å².